The first kappa shape index (κ1) is 16.1. The number of rotatable bonds is 0. The van der Waals surface area contributed by atoms with Gasteiger partial charge in [0.2, 0.25) is 0 Å². The maximum Gasteiger partial charge on any atom is 0.0759 e. The van der Waals surface area contributed by atoms with E-state index in [1.807, 2.05) is 13.0 Å². The van der Waals surface area contributed by atoms with Gasteiger partial charge in [-0.05, 0) is 86.0 Å². The summed E-state index contributed by atoms with van der Waals surface area (Å²) < 4.78 is 0. The van der Waals surface area contributed by atoms with Crippen molar-refractivity contribution in [2.45, 2.75) is 83.5 Å². The number of fused-ring (bicyclic) bond motifs is 5. The molecule has 0 aromatic carbocycles. The first-order valence-electron chi connectivity index (χ1n) is 9.50. The van der Waals surface area contributed by atoms with Crippen LogP contribution < -0.4 is 0 Å². The lowest BCUT2D eigenvalue weighted by atomic mass is 9.46. The highest BCUT2D eigenvalue weighted by Gasteiger charge is 2.63. The van der Waals surface area contributed by atoms with E-state index >= 15 is 0 Å². The van der Waals surface area contributed by atoms with Crippen LogP contribution in [0.25, 0.3) is 0 Å². The fourth-order valence-corrected chi connectivity index (χ4v) is 7.00. The van der Waals surface area contributed by atoms with E-state index in [0.29, 0.717) is 17.8 Å². The van der Waals surface area contributed by atoms with Crippen molar-refractivity contribution in [3.63, 3.8) is 0 Å². The molecule has 130 valence electrons. The van der Waals surface area contributed by atoms with Crippen LogP contribution in [0.2, 0.25) is 0 Å². The predicted octanol–water partition coefficient (Wildman–Crippen LogP) is 3.03. The van der Waals surface area contributed by atoms with E-state index in [1.165, 1.54) is 0 Å². The zero-order valence-electron chi connectivity index (χ0n) is 14.8. The summed E-state index contributed by atoms with van der Waals surface area (Å²) in [6, 6.07) is 0. The van der Waals surface area contributed by atoms with E-state index in [2.05, 4.69) is 13.8 Å². The van der Waals surface area contributed by atoms with Gasteiger partial charge in [-0.2, -0.15) is 0 Å². The van der Waals surface area contributed by atoms with E-state index < -0.39 is 11.7 Å². The molecule has 4 aliphatic carbocycles. The molecular formula is C20H32O3. The Morgan fingerprint density at radius 3 is 2.39 bits per heavy atom. The van der Waals surface area contributed by atoms with Gasteiger partial charge in [0.15, 0.2) is 0 Å². The molecule has 0 aromatic heterocycles. The fourth-order valence-electron chi connectivity index (χ4n) is 7.00. The van der Waals surface area contributed by atoms with Crippen LogP contribution in [0.1, 0.15) is 65.7 Å². The van der Waals surface area contributed by atoms with Crippen LogP contribution in [-0.4, -0.2) is 33.1 Å². The quantitative estimate of drug-likeness (QED) is 0.601. The standard InChI is InChI=1S/C20H32O3/c1-18-7-4-12(21)10-16(18)17(22)11-13-14(18)5-8-19(2)15(13)6-9-20(19,3)23/h10,12-15,17,21-23H,4-9,11H2,1-3H3/t12-,13-,14-,15+,17+,18+,19-,20-/m0/s1. The van der Waals surface area contributed by atoms with E-state index in [1.54, 1.807) is 0 Å². The first-order chi connectivity index (χ1) is 10.7. The van der Waals surface area contributed by atoms with E-state index in [-0.39, 0.29) is 16.9 Å². The van der Waals surface area contributed by atoms with Gasteiger partial charge in [0, 0.05) is 0 Å². The third-order valence-corrected chi connectivity index (χ3v) is 8.66. The van der Waals surface area contributed by atoms with Crippen LogP contribution in [0.4, 0.5) is 0 Å². The van der Waals surface area contributed by atoms with E-state index in [0.717, 1.165) is 50.5 Å². The molecule has 0 aliphatic heterocycles. The summed E-state index contributed by atoms with van der Waals surface area (Å²) in [5, 5.41) is 31.8. The summed E-state index contributed by atoms with van der Waals surface area (Å²) in [4.78, 5) is 0. The predicted molar refractivity (Wildman–Crippen MR) is 89.7 cm³/mol. The summed E-state index contributed by atoms with van der Waals surface area (Å²) in [5.41, 5.74) is 0.579. The molecule has 0 aromatic rings. The van der Waals surface area contributed by atoms with Crippen LogP contribution in [0.5, 0.6) is 0 Å². The minimum absolute atomic E-state index is 0.000352. The van der Waals surface area contributed by atoms with Crippen molar-refractivity contribution in [2.24, 2.45) is 28.6 Å². The second kappa shape index (κ2) is 4.83. The second-order valence-electron chi connectivity index (χ2n) is 9.54. The highest BCUT2D eigenvalue weighted by Crippen LogP contribution is 2.67. The molecule has 0 heterocycles. The zero-order valence-corrected chi connectivity index (χ0v) is 14.8. The monoisotopic (exact) mass is 320 g/mol. The molecule has 3 heteroatoms. The minimum atomic E-state index is -0.562. The Labute approximate surface area is 139 Å². The largest absolute Gasteiger partial charge is 0.390 e. The Bertz CT molecular complexity index is 539. The first-order valence-corrected chi connectivity index (χ1v) is 9.50. The third-order valence-electron chi connectivity index (χ3n) is 8.66. The maximum absolute atomic E-state index is 10.9. The molecule has 0 saturated heterocycles. The molecule has 3 saturated carbocycles. The molecule has 4 aliphatic rings. The molecule has 0 amide bonds. The lowest BCUT2D eigenvalue weighted by molar-refractivity contribution is -0.130. The summed E-state index contributed by atoms with van der Waals surface area (Å²) in [6.45, 7) is 6.63. The third kappa shape index (κ3) is 1.99. The molecule has 23 heavy (non-hydrogen) atoms. The van der Waals surface area contributed by atoms with Crippen LogP contribution in [0, 0.1) is 28.6 Å². The average Bonchev–Trinajstić information content (AvgIpc) is 2.72. The Morgan fingerprint density at radius 1 is 0.957 bits per heavy atom. The van der Waals surface area contributed by atoms with Gasteiger partial charge in [0.05, 0.1) is 17.8 Å². The topological polar surface area (TPSA) is 60.7 Å². The van der Waals surface area contributed by atoms with Gasteiger partial charge in [0.1, 0.15) is 0 Å². The van der Waals surface area contributed by atoms with Crippen LogP contribution in [-0.2, 0) is 0 Å². The molecule has 0 radical (unpaired) electrons. The van der Waals surface area contributed by atoms with Crippen LogP contribution in [0.3, 0.4) is 0 Å². The maximum atomic E-state index is 10.9. The van der Waals surface area contributed by atoms with Gasteiger partial charge in [-0.3, -0.25) is 0 Å². The normalized spacial score (nSPS) is 58.9. The van der Waals surface area contributed by atoms with Crippen molar-refractivity contribution >= 4 is 0 Å². The summed E-state index contributed by atoms with van der Waals surface area (Å²) in [5.74, 6) is 1.63. The molecule has 8 atom stereocenters. The highest BCUT2D eigenvalue weighted by atomic mass is 16.3. The van der Waals surface area contributed by atoms with Crippen molar-refractivity contribution in [3.05, 3.63) is 11.6 Å². The zero-order chi connectivity index (χ0) is 16.6. The van der Waals surface area contributed by atoms with Gasteiger partial charge < -0.3 is 15.3 Å². The van der Waals surface area contributed by atoms with Crippen molar-refractivity contribution in [1.82, 2.24) is 0 Å². The van der Waals surface area contributed by atoms with E-state index in [9.17, 15) is 15.3 Å². The summed E-state index contributed by atoms with van der Waals surface area (Å²) >= 11 is 0. The molecule has 3 nitrogen and oxygen atoms in total. The Morgan fingerprint density at radius 2 is 1.65 bits per heavy atom. The molecule has 0 bridgehead atoms. The minimum Gasteiger partial charge on any atom is -0.390 e. The fraction of sp³-hybridized carbons (Fsp3) is 0.900. The smallest absolute Gasteiger partial charge is 0.0759 e. The van der Waals surface area contributed by atoms with Crippen molar-refractivity contribution < 1.29 is 15.3 Å². The van der Waals surface area contributed by atoms with Crippen LogP contribution >= 0.6 is 0 Å². The van der Waals surface area contributed by atoms with Gasteiger partial charge in [-0.15, -0.1) is 0 Å². The summed E-state index contributed by atoms with van der Waals surface area (Å²) in [7, 11) is 0. The van der Waals surface area contributed by atoms with Crippen molar-refractivity contribution in [1.29, 1.82) is 0 Å². The number of hydrogen-bond donors (Lipinski definition) is 3. The highest BCUT2D eigenvalue weighted by molar-refractivity contribution is 5.29. The van der Waals surface area contributed by atoms with Gasteiger partial charge in [-0.25, -0.2) is 0 Å². The van der Waals surface area contributed by atoms with Crippen LogP contribution in [0.15, 0.2) is 11.6 Å². The van der Waals surface area contributed by atoms with Crippen molar-refractivity contribution in [3.8, 4) is 0 Å². The average molecular weight is 320 g/mol. The molecule has 0 spiro atoms. The summed E-state index contributed by atoms with van der Waals surface area (Å²) in [6.07, 6.45) is 7.99. The van der Waals surface area contributed by atoms with Gasteiger partial charge in [0.25, 0.3) is 0 Å². The second-order valence-corrected chi connectivity index (χ2v) is 9.54. The lowest BCUT2D eigenvalue weighted by Gasteiger charge is -2.60. The molecule has 3 fully saturated rings. The number of hydrogen-bond acceptors (Lipinski definition) is 3. The Balaban J connectivity index is 1.72. The SMILES string of the molecule is C[C@]12CC[C@H](O)C=C1[C@H](O)C[C@@H]1[C@H]3CC[C@](C)(O)[C@@]3(C)CC[C@@H]12. The Kier molecular flexibility index (Phi) is 3.38. The number of aliphatic hydroxyl groups is 3. The Hall–Kier alpha value is -0.380. The van der Waals surface area contributed by atoms with Gasteiger partial charge >= 0.3 is 0 Å². The van der Waals surface area contributed by atoms with Gasteiger partial charge in [-0.1, -0.05) is 19.9 Å². The molecule has 0 unspecified atom stereocenters. The molecular weight excluding hydrogens is 288 g/mol. The van der Waals surface area contributed by atoms with E-state index in [4.69, 9.17) is 0 Å². The molecule has 3 N–H and O–H groups in total. The lowest BCUT2D eigenvalue weighted by Crippen LogP contribution is -2.56. The van der Waals surface area contributed by atoms with Crippen molar-refractivity contribution in [2.75, 3.05) is 0 Å². The number of aliphatic hydroxyl groups excluding tert-OH is 2. The molecule has 4 rings (SSSR count).